The summed E-state index contributed by atoms with van der Waals surface area (Å²) in [7, 11) is 0. The number of anilines is 3. The van der Waals surface area contributed by atoms with E-state index >= 15 is 0 Å². The fourth-order valence-corrected chi connectivity index (χ4v) is 2.63. The smallest absolute Gasteiger partial charge is 0.233 e. The van der Waals surface area contributed by atoms with Gasteiger partial charge < -0.3 is 10.6 Å². The molecule has 28 heavy (non-hydrogen) atoms. The van der Waals surface area contributed by atoms with E-state index in [1.807, 2.05) is 51.1 Å². The molecule has 7 nitrogen and oxygen atoms in total. The minimum absolute atomic E-state index is 0.0312. The monoisotopic (exact) mass is 376 g/mol. The molecule has 0 radical (unpaired) electrons. The van der Waals surface area contributed by atoms with Gasteiger partial charge in [-0.25, -0.2) is 4.98 Å². The predicted molar refractivity (Wildman–Crippen MR) is 110 cm³/mol. The first-order valence-electron chi connectivity index (χ1n) is 9.35. The molecule has 0 saturated heterocycles. The molecule has 2 aromatic heterocycles. The third kappa shape index (κ3) is 5.33. The summed E-state index contributed by atoms with van der Waals surface area (Å²) in [6, 6.07) is 13.3. The lowest BCUT2D eigenvalue weighted by Gasteiger charge is -2.11. The number of hydrogen-bond acceptors (Lipinski definition) is 7. The van der Waals surface area contributed by atoms with Crippen molar-refractivity contribution in [2.24, 2.45) is 0 Å². The van der Waals surface area contributed by atoms with E-state index in [2.05, 4.69) is 30.6 Å². The van der Waals surface area contributed by atoms with Crippen molar-refractivity contribution < 1.29 is 4.79 Å². The number of nitrogens with zero attached hydrogens (tertiary/aromatic N) is 4. The van der Waals surface area contributed by atoms with Gasteiger partial charge in [0.25, 0.3) is 0 Å². The molecule has 0 bridgehead atoms. The van der Waals surface area contributed by atoms with E-state index in [1.54, 1.807) is 18.3 Å². The van der Waals surface area contributed by atoms with E-state index in [-0.39, 0.29) is 11.8 Å². The second-order valence-corrected chi connectivity index (χ2v) is 6.69. The largest absolute Gasteiger partial charge is 0.352 e. The highest BCUT2D eigenvalue weighted by Gasteiger charge is 2.11. The summed E-state index contributed by atoms with van der Waals surface area (Å²) in [6.45, 7) is 6.02. The Labute approximate surface area is 164 Å². The van der Waals surface area contributed by atoms with Crippen molar-refractivity contribution >= 4 is 23.5 Å². The molecule has 3 aromatic rings. The van der Waals surface area contributed by atoms with Crippen molar-refractivity contribution in [1.82, 2.24) is 19.9 Å². The first-order chi connectivity index (χ1) is 13.5. The molecule has 0 amide bonds. The molecule has 7 heteroatoms. The maximum absolute atomic E-state index is 12.6. The van der Waals surface area contributed by atoms with Gasteiger partial charge in [0, 0.05) is 30.6 Å². The van der Waals surface area contributed by atoms with E-state index in [9.17, 15) is 4.79 Å². The Morgan fingerprint density at radius 3 is 2.50 bits per heavy atom. The van der Waals surface area contributed by atoms with Gasteiger partial charge >= 0.3 is 0 Å². The summed E-state index contributed by atoms with van der Waals surface area (Å²) in [5.41, 5.74) is 1.57. The zero-order valence-electron chi connectivity index (χ0n) is 16.3. The number of nitrogens with one attached hydrogen (secondary N) is 2. The van der Waals surface area contributed by atoms with Crippen LogP contribution in [0.4, 0.5) is 17.7 Å². The normalized spacial score (nSPS) is 10.7. The fraction of sp³-hybridized carbons (Fsp3) is 0.286. The molecule has 0 aliphatic rings. The number of pyridine rings is 1. The first kappa shape index (κ1) is 19.4. The lowest BCUT2D eigenvalue weighted by atomic mass is 10.0. The number of ketones is 1. The van der Waals surface area contributed by atoms with Crippen LogP contribution in [0, 0.1) is 0 Å². The van der Waals surface area contributed by atoms with E-state index in [0.29, 0.717) is 41.9 Å². The van der Waals surface area contributed by atoms with Crippen LogP contribution in [0.15, 0.2) is 48.7 Å². The van der Waals surface area contributed by atoms with Crippen LogP contribution in [0.25, 0.3) is 0 Å². The number of aryl methyl sites for hydroxylation is 1. The SMILES string of the molecule is CCc1nc(Nc2cc(C(=O)Cc3ccccc3)ccn2)nc(NC(C)C)n1. The zero-order valence-corrected chi connectivity index (χ0v) is 16.3. The van der Waals surface area contributed by atoms with Gasteiger partial charge in [-0.05, 0) is 31.5 Å². The first-order valence-corrected chi connectivity index (χ1v) is 9.35. The Morgan fingerprint density at radius 2 is 1.79 bits per heavy atom. The maximum Gasteiger partial charge on any atom is 0.233 e. The van der Waals surface area contributed by atoms with E-state index in [4.69, 9.17) is 0 Å². The van der Waals surface area contributed by atoms with Crippen LogP contribution in [0.5, 0.6) is 0 Å². The van der Waals surface area contributed by atoms with Gasteiger partial charge in [0.1, 0.15) is 11.6 Å². The number of carbonyl (C=O) groups is 1. The van der Waals surface area contributed by atoms with Gasteiger partial charge in [-0.2, -0.15) is 15.0 Å². The van der Waals surface area contributed by atoms with E-state index < -0.39 is 0 Å². The number of rotatable bonds is 8. The average molecular weight is 376 g/mol. The Kier molecular flexibility index (Phi) is 6.26. The summed E-state index contributed by atoms with van der Waals surface area (Å²) in [6.07, 6.45) is 2.64. The van der Waals surface area contributed by atoms with Crippen LogP contribution in [0.3, 0.4) is 0 Å². The quantitative estimate of drug-likeness (QED) is 0.577. The number of Topliss-reactive ketones (excluding diaryl/α,β-unsaturated/α-hetero) is 1. The van der Waals surface area contributed by atoms with Crippen molar-refractivity contribution in [1.29, 1.82) is 0 Å². The fourth-order valence-electron chi connectivity index (χ4n) is 2.63. The maximum atomic E-state index is 12.6. The average Bonchev–Trinajstić information content (AvgIpc) is 2.68. The van der Waals surface area contributed by atoms with Crippen LogP contribution in [-0.2, 0) is 12.8 Å². The number of hydrogen-bond donors (Lipinski definition) is 2. The zero-order chi connectivity index (χ0) is 19.9. The minimum atomic E-state index is 0.0312. The summed E-state index contributed by atoms with van der Waals surface area (Å²) >= 11 is 0. The third-order valence-electron chi connectivity index (χ3n) is 3.95. The van der Waals surface area contributed by atoms with Crippen molar-refractivity contribution in [2.75, 3.05) is 10.6 Å². The molecule has 2 heterocycles. The summed E-state index contributed by atoms with van der Waals surface area (Å²) in [5.74, 6) is 2.14. The molecule has 0 spiro atoms. The lowest BCUT2D eigenvalue weighted by molar-refractivity contribution is 0.0993. The molecule has 0 aliphatic carbocycles. The van der Waals surface area contributed by atoms with Crippen LogP contribution in [-0.4, -0.2) is 31.8 Å². The summed E-state index contributed by atoms with van der Waals surface area (Å²) < 4.78 is 0. The topological polar surface area (TPSA) is 92.7 Å². The Hall–Kier alpha value is -3.35. The molecular formula is C21H24N6O. The van der Waals surface area contributed by atoms with Crippen LogP contribution in [0.2, 0.25) is 0 Å². The van der Waals surface area contributed by atoms with Gasteiger partial charge in [0.05, 0.1) is 0 Å². The summed E-state index contributed by atoms with van der Waals surface area (Å²) in [5, 5.41) is 6.27. The standard InChI is InChI=1S/C21H24N6O/c1-4-18-24-20(23-14(2)3)27-21(25-18)26-19-13-16(10-11-22-19)17(28)12-15-8-6-5-7-9-15/h5-11,13-14H,4,12H2,1-3H3,(H2,22,23,24,25,26,27). The van der Waals surface area contributed by atoms with Gasteiger partial charge in [-0.3, -0.25) is 4.79 Å². The Morgan fingerprint density at radius 1 is 1.04 bits per heavy atom. The number of benzene rings is 1. The highest BCUT2D eigenvalue weighted by atomic mass is 16.1. The molecule has 2 N–H and O–H groups in total. The molecule has 0 fully saturated rings. The summed E-state index contributed by atoms with van der Waals surface area (Å²) in [4.78, 5) is 30.0. The van der Waals surface area contributed by atoms with Crippen molar-refractivity contribution in [3.8, 4) is 0 Å². The molecule has 0 aliphatic heterocycles. The number of carbonyl (C=O) groups excluding carboxylic acids is 1. The number of aromatic nitrogens is 4. The highest BCUT2D eigenvalue weighted by Crippen LogP contribution is 2.16. The molecule has 0 saturated carbocycles. The molecule has 1 aromatic carbocycles. The van der Waals surface area contributed by atoms with Gasteiger partial charge in [0.2, 0.25) is 11.9 Å². The Bertz CT molecular complexity index is 943. The van der Waals surface area contributed by atoms with Crippen LogP contribution in [0.1, 0.15) is 42.5 Å². The van der Waals surface area contributed by atoms with Crippen molar-refractivity contribution in [3.63, 3.8) is 0 Å². The lowest BCUT2D eigenvalue weighted by Crippen LogP contribution is -2.15. The van der Waals surface area contributed by atoms with Gasteiger partial charge in [0.15, 0.2) is 5.78 Å². The van der Waals surface area contributed by atoms with Crippen LogP contribution >= 0.6 is 0 Å². The second-order valence-electron chi connectivity index (χ2n) is 6.69. The minimum Gasteiger partial charge on any atom is -0.352 e. The van der Waals surface area contributed by atoms with Crippen molar-refractivity contribution in [3.05, 3.63) is 65.6 Å². The van der Waals surface area contributed by atoms with Crippen molar-refractivity contribution in [2.45, 2.75) is 39.7 Å². The highest BCUT2D eigenvalue weighted by molar-refractivity contribution is 5.98. The molecule has 3 rings (SSSR count). The Balaban J connectivity index is 1.78. The molecule has 0 atom stereocenters. The molecule has 144 valence electrons. The van der Waals surface area contributed by atoms with E-state index in [0.717, 1.165) is 5.56 Å². The third-order valence-corrected chi connectivity index (χ3v) is 3.95. The predicted octanol–water partition coefficient (Wildman–Crippen LogP) is 3.82. The molecular weight excluding hydrogens is 352 g/mol. The van der Waals surface area contributed by atoms with Gasteiger partial charge in [-0.1, -0.05) is 37.3 Å². The van der Waals surface area contributed by atoms with Gasteiger partial charge in [-0.15, -0.1) is 0 Å². The molecule has 0 unspecified atom stereocenters. The second kappa shape index (κ2) is 9.03. The van der Waals surface area contributed by atoms with Crippen LogP contribution < -0.4 is 10.6 Å². The van der Waals surface area contributed by atoms with E-state index in [1.165, 1.54) is 0 Å².